The van der Waals surface area contributed by atoms with Gasteiger partial charge in [0.2, 0.25) is 11.8 Å². The molecule has 8 heteroatoms. The van der Waals surface area contributed by atoms with E-state index in [0.717, 1.165) is 16.0 Å². The first-order chi connectivity index (χ1) is 14.7. The number of nitro groups is 1. The first-order valence-corrected chi connectivity index (χ1v) is 10.8. The van der Waals surface area contributed by atoms with Crippen LogP contribution < -0.4 is 0 Å². The Morgan fingerprint density at radius 1 is 1.00 bits per heavy atom. The van der Waals surface area contributed by atoms with E-state index in [2.05, 4.69) is 0 Å². The number of carbonyl (C=O) groups is 2. The first kappa shape index (κ1) is 22.6. The van der Waals surface area contributed by atoms with Crippen molar-refractivity contribution in [3.05, 3.63) is 69.3 Å². The third kappa shape index (κ3) is 5.73. The third-order valence-electron chi connectivity index (χ3n) is 5.19. The Morgan fingerprint density at radius 3 is 2.26 bits per heavy atom. The van der Waals surface area contributed by atoms with Crippen LogP contribution in [0.4, 0.5) is 5.69 Å². The zero-order valence-electron chi connectivity index (χ0n) is 17.8. The molecule has 1 aliphatic heterocycles. The average Bonchev–Trinajstić information content (AvgIpc) is 2.74. The van der Waals surface area contributed by atoms with E-state index in [1.165, 1.54) is 30.8 Å². The van der Waals surface area contributed by atoms with Crippen molar-refractivity contribution < 1.29 is 14.5 Å². The highest BCUT2D eigenvalue weighted by atomic mass is 32.2. The van der Waals surface area contributed by atoms with Crippen molar-refractivity contribution in [3.63, 3.8) is 0 Å². The highest BCUT2D eigenvalue weighted by molar-refractivity contribution is 7.99. The van der Waals surface area contributed by atoms with Crippen LogP contribution in [0.2, 0.25) is 0 Å². The van der Waals surface area contributed by atoms with Crippen molar-refractivity contribution >= 4 is 35.3 Å². The molecule has 0 spiro atoms. The summed E-state index contributed by atoms with van der Waals surface area (Å²) in [6.07, 6.45) is 3.03. The van der Waals surface area contributed by atoms with Crippen LogP contribution >= 0.6 is 11.8 Å². The average molecular weight is 440 g/mol. The summed E-state index contributed by atoms with van der Waals surface area (Å²) < 4.78 is 0. The number of hydrogen-bond acceptors (Lipinski definition) is 5. The second kappa shape index (κ2) is 9.78. The molecule has 0 radical (unpaired) electrons. The zero-order chi connectivity index (χ0) is 22.5. The molecule has 2 aromatic rings. The second-order valence-electron chi connectivity index (χ2n) is 7.52. The van der Waals surface area contributed by atoms with Crippen LogP contribution in [0.1, 0.15) is 23.6 Å². The minimum atomic E-state index is -0.397. The number of rotatable bonds is 5. The van der Waals surface area contributed by atoms with Gasteiger partial charge in [0.1, 0.15) is 0 Å². The molecule has 0 saturated carbocycles. The number of aryl methyl sites for hydroxylation is 2. The van der Waals surface area contributed by atoms with Gasteiger partial charge in [-0.1, -0.05) is 35.5 Å². The minimum absolute atomic E-state index is 0.00809. The van der Waals surface area contributed by atoms with Gasteiger partial charge in [0.15, 0.2) is 0 Å². The Kier molecular flexibility index (Phi) is 7.12. The van der Waals surface area contributed by atoms with E-state index in [1.807, 2.05) is 32.0 Å². The lowest BCUT2D eigenvalue weighted by Crippen LogP contribution is -2.49. The van der Waals surface area contributed by atoms with Crippen molar-refractivity contribution in [2.24, 2.45) is 0 Å². The lowest BCUT2D eigenvalue weighted by molar-refractivity contribution is -0.387. The minimum Gasteiger partial charge on any atom is -0.339 e. The van der Waals surface area contributed by atoms with E-state index < -0.39 is 4.92 Å². The van der Waals surface area contributed by atoms with Crippen molar-refractivity contribution in [3.8, 4) is 0 Å². The highest BCUT2D eigenvalue weighted by Gasteiger charge is 2.21. The molecule has 1 saturated heterocycles. The van der Waals surface area contributed by atoms with Gasteiger partial charge in [0.25, 0.3) is 5.69 Å². The molecular formula is C23H25N3O4S. The molecule has 0 atom stereocenters. The SMILES string of the molecule is CC(=O)N1CCN(C(=O)/C=C/c2ccc(Sc3ccc(C)cc3C)c([N+](=O)[O-])c2)CC1. The summed E-state index contributed by atoms with van der Waals surface area (Å²) in [7, 11) is 0. The number of piperazine rings is 1. The molecule has 1 fully saturated rings. The smallest absolute Gasteiger partial charge is 0.283 e. The van der Waals surface area contributed by atoms with E-state index in [4.69, 9.17) is 0 Å². The summed E-state index contributed by atoms with van der Waals surface area (Å²) >= 11 is 1.36. The molecule has 2 aromatic carbocycles. The lowest BCUT2D eigenvalue weighted by Gasteiger charge is -2.33. The van der Waals surface area contributed by atoms with Crippen LogP contribution in [0.3, 0.4) is 0 Å². The molecule has 0 unspecified atom stereocenters. The molecule has 0 bridgehead atoms. The summed E-state index contributed by atoms with van der Waals surface area (Å²) in [6, 6.07) is 11.0. The number of benzene rings is 2. The standard InChI is InChI=1S/C23H25N3O4S/c1-16-4-7-21(17(2)14-16)31-22-8-5-19(15-20(22)26(29)30)6-9-23(28)25-12-10-24(11-13-25)18(3)27/h4-9,14-15H,10-13H2,1-3H3/b9-6+. The molecular weight excluding hydrogens is 414 g/mol. The van der Waals surface area contributed by atoms with Crippen LogP contribution in [0, 0.1) is 24.0 Å². The monoisotopic (exact) mass is 439 g/mol. The third-order valence-corrected chi connectivity index (χ3v) is 6.43. The fourth-order valence-corrected chi connectivity index (χ4v) is 4.38. The maximum Gasteiger partial charge on any atom is 0.283 e. The predicted molar refractivity (Wildman–Crippen MR) is 121 cm³/mol. The van der Waals surface area contributed by atoms with E-state index >= 15 is 0 Å². The summed E-state index contributed by atoms with van der Waals surface area (Å²) in [5, 5.41) is 11.6. The molecule has 1 heterocycles. The Hall–Kier alpha value is -3.13. The Bertz CT molecular complexity index is 1040. The first-order valence-electron chi connectivity index (χ1n) is 10.0. The van der Waals surface area contributed by atoms with Crippen LogP contribution in [-0.4, -0.2) is 52.7 Å². The van der Waals surface area contributed by atoms with E-state index in [1.54, 1.807) is 28.0 Å². The van der Waals surface area contributed by atoms with E-state index in [0.29, 0.717) is 36.6 Å². The Morgan fingerprint density at radius 2 is 1.65 bits per heavy atom. The van der Waals surface area contributed by atoms with Gasteiger partial charge in [-0.25, -0.2) is 0 Å². The molecule has 162 valence electrons. The number of hydrogen-bond donors (Lipinski definition) is 0. The summed E-state index contributed by atoms with van der Waals surface area (Å²) in [4.78, 5) is 40.0. The van der Waals surface area contributed by atoms with E-state index in [9.17, 15) is 19.7 Å². The molecule has 0 aromatic heterocycles. The van der Waals surface area contributed by atoms with Gasteiger partial charge in [-0.05, 0) is 43.2 Å². The number of carbonyl (C=O) groups excluding carboxylic acids is 2. The lowest BCUT2D eigenvalue weighted by atomic mass is 10.2. The van der Waals surface area contributed by atoms with Crippen LogP contribution in [0.25, 0.3) is 6.08 Å². The Labute approximate surface area is 185 Å². The second-order valence-corrected chi connectivity index (χ2v) is 8.60. The van der Waals surface area contributed by atoms with Crippen molar-refractivity contribution in [2.45, 2.75) is 30.6 Å². The molecule has 0 N–H and O–H groups in total. The summed E-state index contributed by atoms with van der Waals surface area (Å²) in [6.45, 7) is 7.51. The van der Waals surface area contributed by atoms with Crippen molar-refractivity contribution in [2.75, 3.05) is 26.2 Å². The fraction of sp³-hybridized carbons (Fsp3) is 0.304. The van der Waals surface area contributed by atoms with Crippen molar-refractivity contribution in [1.29, 1.82) is 0 Å². The van der Waals surface area contributed by atoms with Gasteiger partial charge in [-0.15, -0.1) is 0 Å². The topological polar surface area (TPSA) is 83.8 Å². The van der Waals surface area contributed by atoms with Crippen molar-refractivity contribution in [1.82, 2.24) is 9.80 Å². The number of nitrogens with zero attached hydrogens (tertiary/aromatic N) is 3. The molecule has 7 nitrogen and oxygen atoms in total. The maximum absolute atomic E-state index is 12.4. The quantitative estimate of drug-likeness (QED) is 0.398. The fourth-order valence-electron chi connectivity index (χ4n) is 3.41. The van der Waals surface area contributed by atoms with Gasteiger partial charge in [0.05, 0.1) is 9.82 Å². The number of nitro benzene ring substituents is 1. The van der Waals surface area contributed by atoms with Gasteiger partial charge in [-0.3, -0.25) is 19.7 Å². The normalized spacial score (nSPS) is 14.2. The maximum atomic E-state index is 12.4. The van der Waals surface area contributed by atoms with Gasteiger partial charge < -0.3 is 9.80 Å². The van der Waals surface area contributed by atoms with Crippen LogP contribution in [-0.2, 0) is 9.59 Å². The number of amides is 2. The van der Waals surface area contributed by atoms with Crippen LogP contribution in [0.15, 0.2) is 52.3 Å². The largest absolute Gasteiger partial charge is 0.339 e. The molecule has 3 rings (SSSR count). The summed E-state index contributed by atoms with van der Waals surface area (Å²) in [5.74, 6) is -0.159. The summed E-state index contributed by atoms with van der Waals surface area (Å²) in [5.41, 5.74) is 2.81. The highest BCUT2D eigenvalue weighted by Crippen LogP contribution is 2.37. The van der Waals surface area contributed by atoms with E-state index in [-0.39, 0.29) is 17.5 Å². The van der Waals surface area contributed by atoms with Gasteiger partial charge in [0, 0.05) is 50.1 Å². The molecule has 0 aliphatic carbocycles. The molecule has 2 amide bonds. The van der Waals surface area contributed by atoms with Gasteiger partial charge >= 0.3 is 0 Å². The van der Waals surface area contributed by atoms with Gasteiger partial charge in [-0.2, -0.15) is 0 Å². The molecule has 1 aliphatic rings. The predicted octanol–water partition coefficient (Wildman–Crippen LogP) is 4.07. The Balaban J connectivity index is 1.72. The molecule has 31 heavy (non-hydrogen) atoms. The van der Waals surface area contributed by atoms with Crippen LogP contribution in [0.5, 0.6) is 0 Å². The zero-order valence-corrected chi connectivity index (χ0v) is 18.6.